The van der Waals surface area contributed by atoms with E-state index in [2.05, 4.69) is 15.2 Å². The maximum atomic E-state index is 12.5. The molecule has 142 valence electrons. The zero-order chi connectivity index (χ0) is 18.9. The Bertz CT molecular complexity index is 781. The van der Waals surface area contributed by atoms with Crippen molar-refractivity contribution >= 4 is 5.91 Å². The number of rotatable bonds is 4. The summed E-state index contributed by atoms with van der Waals surface area (Å²) in [6, 6.07) is 0. The molecule has 0 radical (unpaired) electrons. The summed E-state index contributed by atoms with van der Waals surface area (Å²) >= 11 is 0. The molecule has 1 aliphatic rings. The van der Waals surface area contributed by atoms with Crippen LogP contribution < -0.4 is 0 Å². The van der Waals surface area contributed by atoms with Crippen LogP contribution in [0.1, 0.15) is 42.7 Å². The number of amides is 1. The minimum Gasteiger partial charge on any atom is -0.342 e. The molecule has 3 heterocycles. The second-order valence-corrected chi connectivity index (χ2v) is 6.61. The summed E-state index contributed by atoms with van der Waals surface area (Å²) in [7, 11) is 1.84. The average molecular weight is 370 g/mol. The Hall–Kier alpha value is -2.39. The summed E-state index contributed by atoms with van der Waals surface area (Å²) in [6.45, 7) is 3.00. The maximum Gasteiger partial charge on any atom is 0.397 e. The minimum atomic E-state index is -4.48. The number of halogens is 3. The lowest BCUT2D eigenvalue weighted by Crippen LogP contribution is -2.41. The van der Waals surface area contributed by atoms with Gasteiger partial charge in [0.2, 0.25) is 5.91 Å². The Balaban J connectivity index is 1.71. The predicted molar refractivity (Wildman–Crippen MR) is 86.3 cm³/mol. The molecule has 0 N–H and O–H groups in total. The number of likely N-dealkylation sites (tertiary alicyclic amines) is 1. The van der Waals surface area contributed by atoms with Gasteiger partial charge in [0.1, 0.15) is 18.1 Å². The lowest BCUT2D eigenvalue weighted by molar-refractivity contribution is -0.162. The Morgan fingerprint density at radius 1 is 1.35 bits per heavy atom. The van der Waals surface area contributed by atoms with Gasteiger partial charge >= 0.3 is 6.18 Å². The van der Waals surface area contributed by atoms with Crippen molar-refractivity contribution < 1.29 is 18.0 Å². The SMILES string of the molecule is Cc1nccn1Cc1nnc([C@@H]2CCCN(C(=O)CC(F)(F)F)C2)n1C. The topological polar surface area (TPSA) is 68.8 Å². The first-order chi connectivity index (χ1) is 12.2. The van der Waals surface area contributed by atoms with Gasteiger partial charge in [-0.15, -0.1) is 10.2 Å². The molecule has 0 spiro atoms. The van der Waals surface area contributed by atoms with Crippen molar-refractivity contribution in [2.24, 2.45) is 7.05 Å². The van der Waals surface area contributed by atoms with E-state index in [1.54, 1.807) is 6.20 Å². The molecular formula is C16H21F3N6O. The number of aryl methyl sites for hydroxylation is 1. The second-order valence-electron chi connectivity index (χ2n) is 6.61. The fourth-order valence-corrected chi connectivity index (χ4v) is 3.29. The minimum absolute atomic E-state index is 0.115. The van der Waals surface area contributed by atoms with Crippen LogP contribution in [-0.4, -0.2) is 54.4 Å². The van der Waals surface area contributed by atoms with Gasteiger partial charge < -0.3 is 14.0 Å². The van der Waals surface area contributed by atoms with Crippen molar-refractivity contribution in [3.63, 3.8) is 0 Å². The van der Waals surface area contributed by atoms with E-state index in [0.717, 1.165) is 18.1 Å². The molecule has 1 atom stereocenters. The van der Waals surface area contributed by atoms with Crippen LogP contribution in [0.3, 0.4) is 0 Å². The van der Waals surface area contributed by atoms with Crippen molar-refractivity contribution in [1.82, 2.24) is 29.2 Å². The first-order valence-corrected chi connectivity index (χ1v) is 8.45. The molecule has 0 aromatic carbocycles. The fraction of sp³-hybridized carbons (Fsp3) is 0.625. The van der Waals surface area contributed by atoms with Gasteiger partial charge in [-0.25, -0.2) is 4.98 Å². The number of nitrogens with zero attached hydrogens (tertiary/aromatic N) is 6. The first-order valence-electron chi connectivity index (χ1n) is 8.45. The molecule has 10 heteroatoms. The van der Waals surface area contributed by atoms with Crippen molar-refractivity contribution in [3.8, 4) is 0 Å². The zero-order valence-corrected chi connectivity index (χ0v) is 14.7. The van der Waals surface area contributed by atoms with Crippen LogP contribution in [0.25, 0.3) is 0 Å². The summed E-state index contributed by atoms with van der Waals surface area (Å²) in [5, 5.41) is 8.45. The maximum absolute atomic E-state index is 12.5. The van der Waals surface area contributed by atoms with Gasteiger partial charge in [0.15, 0.2) is 5.82 Å². The van der Waals surface area contributed by atoms with Gasteiger partial charge in [-0.05, 0) is 19.8 Å². The first kappa shape index (κ1) is 18.4. The third-order valence-electron chi connectivity index (χ3n) is 4.73. The number of alkyl halides is 3. The van der Waals surface area contributed by atoms with Crippen LogP contribution in [-0.2, 0) is 18.4 Å². The van der Waals surface area contributed by atoms with Gasteiger partial charge in [0.05, 0.1) is 6.54 Å². The summed E-state index contributed by atoms with van der Waals surface area (Å²) in [4.78, 5) is 17.3. The summed E-state index contributed by atoms with van der Waals surface area (Å²) in [6.07, 6.45) is -0.920. The molecular weight excluding hydrogens is 349 g/mol. The van der Waals surface area contributed by atoms with Crippen LogP contribution in [0, 0.1) is 6.92 Å². The van der Waals surface area contributed by atoms with Crippen molar-refractivity contribution in [2.75, 3.05) is 13.1 Å². The zero-order valence-electron chi connectivity index (χ0n) is 14.7. The number of carbonyl (C=O) groups is 1. The van der Waals surface area contributed by atoms with Crippen molar-refractivity contribution in [1.29, 1.82) is 0 Å². The molecule has 26 heavy (non-hydrogen) atoms. The normalized spacial score (nSPS) is 18.3. The number of hydrogen-bond acceptors (Lipinski definition) is 4. The van der Waals surface area contributed by atoms with Gasteiger partial charge in [-0.1, -0.05) is 0 Å². The number of imidazole rings is 1. The molecule has 3 rings (SSSR count). The second kappa shape index (κ2) is 7.08. The van der Waals surface area contributed by atoms with Crippen LogP contribution in [0.15, 0.2) is 12.4 Å². The van der Waals surface area contributed by atoms with E-state index in [1.165, 1.54) is 4.90 Å². The number of hydrogen-bond donors (Lipinski definition) is 0. The van der Waals surface area contributed by atoms with E-state index >= 15 is 0 Å². The van der Waals surface area contributed by atoms with E-state index in [-0.39, 0.29) is 12.5 Å². The number of carbonyl (C=O) groups excluding carboxylic acids is 1. The lowest BCUT2D eigenvalue weighted by Gasteiger charge is -2.32. The highest BCUT2D eigenvalue weighted by molar-refractivity contribution is 5.77. The van der Waals surface area contributed by atoms with Gasteiger partial charge in [0, 0.05) is 38.4 Å². The monoisotopic (exact) mass is 370 g/mol. The van der Waals surface area contributed by atoms with E-state index < -0.39 is 18.5 Å². The molecule has 0 unspecified atom stereocenters. The largest absolute Gasteiger partial charge is 0.397 e. The molecule has 1 saturated heterocycles. The average Bonchev–Trinajstić information content (AvgIpc) is 3.13. The molecule has 1 aliphatic heterocycles. The molecule has 0 aliphatic carbocycles. The third kappa shape index (κ3) is 4.05. The summed E-state index contributed by atoms with van der Waals surface area (Å²) in [5.74, 6) is 1.30. The highest BCUT2D eigenvalue weighted by atomic mass is 19.4. The molecule has 0 bridgehead atoms. The van der Waals surface area contributed by atoms with Crippen molar-refractivity contribution in [2.45, 2.75) is 44.8 Å². The van der Waals surface area contributed by atoms with E-state index in [1.807, 2.05) is 29.3 Å². The fourth-order valence-electron chi connectivity index (χ4n) is 3.29. The molecule has 7 nitrogen and oxygen atoms in total. The Labute approximate surface area is 148 Å². The van der Waals surface area contributed by atoms with Gasteiger partial charge in [0.25, 0.3) is 0 Å². The van der Waals surface area contributed by atoms with Crippen LogP contribution in [0.4, 0.5) is 13.2 Å². The smallest absolute Gasteiger partial charge is 0.342 e. The third-order valence-corrected chi connectivity index (χ3v) is 4.73. The number of piperidine rings is 1. The molecule has 1 fully saturated rings. The Morgan fingerprint density at radius 3 is 2.77 bits per heavy atom. The van der Waals surface area contributed by atoms with E-state index in [9.17, 15) is 18.0 Å². The molecule has 1 amide bonds. The quantitative estimate of drug-likeness (QED) is 0.826. The highest BCUT2D eigenvalue weighted by Crippen LogP contribution is 2.28. The number of aromatic nitrogens is 5. The van der Waals surface area contributed by atoms with Crippen molar-refractivity contribution in [3.05, 3.63) is 29.9 Å². The van der Waals surface area contributed by atoms with E-state index in [0.29, 0.717) is 25.3 Å². The van der Waals surface area contributed by atoms with Crippen LogP contribution in [0.5, 0.6) is 0 Å². The van der Waals surface area contributed by atoms with Gasteiger partial charge in [-0.2, -0.15) is 13.2 Å². The molecule has 0 saturated carbocycles. The van der Waals surface area contributed by atoms with E-state index in [4.69, 9.17) is 0 Å². The summed E-state index contributed by atoms with van der Waals surface area (Å²) < 4.78 is 41.2. The standard InChI is InChI=1S/C16H21F3N6O/c1-11-20-5-7-24(11)10-13-21-22-15(23(13)2)12-4-3-6-25(9-12)14(26)8-16(17,18)19/h5,7,12H,3-4,6,8-10H2,1-2H3/t12-/m1/s1. The Morgan fingerprint density at radius 2 is 2.12 bits per heavy atom. The summed E-state index contributed by atoms with van der Waals surface area (Å²) in [5.41, 5.74) is 0. The predicted octanol–water partition coefficient (Wildman–Crippen LogP) is 2.03. The molecule has 2 aromatic rings. The highest BCUT2D eigenvalue weighted by Gasteiger charge is 2.36. The van der Waals surface area contributed by atoms with Gasteiger partial charge in [-0.3, -0.25) is 4.79 Å². The van der Waals surface area contributed by atoms with Crippen LogP contribution in [0.2, 0.25) is 0 Å². The lowest BCUT2D eigenvalue weighted by atomic mass is 9.97. The molecule has 2 aromatic heterocycles. The Kier molecular flexibility index (Phi) is 5.01. The van der Waals surface area contributed by atoms with Crippen LogP contribution >= 0.6 is 0 Å².